The van der Waals surface area contributed by atoms with Crippen LogP contribution in [0.25, 0.3) is 0 Å². The molecule has 7 heteroatoms. The van der Waals surface area contributed by atoms with Crippen molar-refractivity contribution < 1.29 is 9.50 Å². The lowest BCUT2D eigenvalue weighted by atomic mass is 10.1. The lowest BCUT2D eigenvalue weighted by Gasteiger charge is -2.12. The normalized spacial score (nSPS) is 12.7. The first-order valence-corrected chi connectivity index (χ1v) is 6.49. The summed E-state index contributed by atoms with van der Waals surface area (Å²) >= 11 is 1.21. The molecule has 1 heterocycles. The van der Waals surface area contributed by atoms with E-state index >= 15 is 0 Å². The van der Waals surface area contributed by atoms with E-state index in [-0.39, 0.29) is 11.5 Å². The lowest BCUT2D eigenvalue weighted by Crippen LogP contribution is -2.12. The zero-order chi connectivity index (χ0) is 14.2. The van der Waals surface area contributed by atoms with Crippen molar-refractivity contribution in [2.75, 3.05) is 0 Å². The molecule has 1 aromatic heterocycles. The van der Waals surface area contributed by atoms with Gasteiger partial charge in [-0.25, -0.2) is 14.3 Å². The summed E-state index contributed by atoms with van der Waals surface area (Å²) in [5.74, 6) is -0.365. The number of aromatic amines is 1. The number of hydrogen-bond acceptors (Lipinski definition) is 4. The van der Waals surface area contributed by atoms with E-state index in [4.69, 9.17) is 0 Å². The van der Waals surface area contributed by atoms with Gasteiger partial charge in [0.15, 0.2) is 5.16 Å². The molecule has 0 radical (unpaired) electrons. The zero-order valence-corrected chi connectivity index (χ0v) is 11.6. The minimum atomic E-state index is -0.798. The molecule has 0 saturated carbocycles. The average Bonchev–Trinajstić information content (AvgIpc) is 2.65. The SMILES string of the molecule is Cc1cc(Sc2n[nH]c(=O)n2C)c([C@@H](C)O)cc1F. The predicted octanol–water partition coefficient (Wildman–Crippen LogP) is 1.76. The predicted molar refractivity (Wildman–Crippen MR) is 69.7 cm³/mol. The van der Waals surface area contributed by atoms with E-state index in [1.165, 1.54) is 22.4 Å². The molecular weight excluding hydrogens is 269 g/mol. The highest BCUT2D eigenvalue weighted by atomic mass is 32.2. The van der Waals surface area contributed by atoms with Gasteiger partial charge in [0, 0.05) is 11.9 Å². The van der Waals surface area contributed by atoms with Crippen LogP contribution in [0, 0.1) is 12.7 Å². The first-order chi connectivity index (χ1) is 8.90. The van der Waals surface area contributed by atoms with Crippen LogP contribution in [0.5, 0.6) is 0 Å². The van der Waals surface area contributed by atoms with Gasteiger partial charge in [-0.1, -0.05) is 0 Å². The Morgan fingerprint density at radius 2 is 2.21 bits per heavy atom. The van der Waals surface area contributed by atoms with Crippen LogP contribution in [0.3, 0.4) is 0 Å². The number of aromatic nitrogens is 3. The fourth-order valence-electron chi connectivity index (χ4n) is 1.61. The summed E-state index contributed by atoms with van der Waals surface area (Å²) in [5, 5.41) is 16.4. The van der Waals surface area contributed by atoms with Crippen molar-refractivity contribution in [3.05, 3.63) is 39.6 Å². The topological polar surface area (TPSA) is 70.9 Å². The molecule has 2 aromatic rings. The summed E-state index contributed by atoms with van der Waals surface area (Å²) in [6, 6.07) is 2.95. The Balaban J connectivity index is 2.47. The van der Waals surface area contributed by atoms with Crippen LogP contribution in [-0.4, -0.2) is 19.9 Å². The van der Waals surface area contributed by atoms with Crippen molar-refractivity contribution >= 4 is 11.8 Å². The molecule has 2 N–H and O–H groups in total. The molecule has 2 rings (SSSR count). The quantitative estimate of drug-likeness (QED) is 0.900. The van der Waals surface area contributed by atoms with Gasteiger partial charge in [-0.3, -0.25) is 4.57 Å². The second kappa shape index (κ2) is 5.18. The summed E-state index contributed by atoms with van der Waals surface area (Å²) in [7, 11) is 1.59. The third-order valence-corrected chi connectivity index (χ3v) is 3.90. The molecule has 0 aliphatic carbocycles. The van der Waals surface area contributed by atoms with Gasteiger partial charge in [-0.2, -0.15) is 0 Å². The maximum Gasteiger partial charge on any atom is 0.343 e. The second-order valence-electron chi connectivity index (χ2n) is 4.29. The van der Waals surface area contributed by atoms with Gasteiger partial charge >= 0.3 is 5.69 Å². The van der Waals surface area contributed by atoms with E-state index in [1.807, 2.05) is 0 Å². The number of H-pyrrole nitrogens is 1. The Kier molecular flexibility index (Phi) is 3.77. The number of aliphatic hydroxyl groups excluding tert-OH is 1. The molecule has 0 saturated heterocycles. The van der Waals surface area contributed by atoms with Crippen molar-refractivity contribution in [2.24, 2.45) is 7.05 Å². The van der Waals surface area contributed by atoms with Crippen LogP contribution in [-0.2, 0) is 7.05 Å². The molecule has 19 heavy (non-hydrogen) atoms. The molecule has 5 nitrogen and oxygen atoms in total. The van der Waals surface area contributed by atoms with Gasteiger partial charge in [-0.15, -0.1) is 5.10 Å². The van der Waals surface area contributed by atoms with Gasteiger partial charge in [0.25, 0.3) is 0 Å². The summed E-state index contributed by atoms with van der Waals surface area (Å²) in [6.45, 7) is 3.21. The summed E-state index contributed by atoms with van der Waals surface area (Å²) in [4.78, 5) is 12.0. The number of aryl methyl sites for hydroxylation is 1. The van der Waals surface area contributed by atoms with Crippen LogP contribution in [0.2, 0.25) is 0 Å². The highest BCUT2D eigenvalue weighted by Crippen LogP contribution is 2.33. The molecule has 1 atom stereocenters. The number of aliphatic hydroxyl groups is 1. The summed E-state index contributed by atoms with van der Waals surface area (Å²) in [5.41, 5.74) is 0.635. The Morgan fingerprint density at radius 3 is 2.74 bits per heavy atom. The zero-order valence-electron chi connectivity index (χ0n) is 10.8. The Morgan fingerprint density at radius 1 is 1.53 bits per heavy atom. The number of rotatable bonds is 3. The molecule has 0 unspecified atom stereocenters. The highest BCUT2D eigenvalue weighted by Gasteiger charge is 2.15. The van der Waals surface area contributed by atoms with Crippen molar-refractivity contribution in [3.8, 4) is 0 Å². The molecule has 0 fully saturated rings. The monoisotopic (exact) mass is 283 g/mol. The fraction of sp³-hybridized carbons (Fsp3) is 0.333. The number of nitrogens with zero attached hydrogens (tertiary/aromatic N) is 2. The minimum Gasteiger partial charge on any atom is -0.389 e. The third kappa shape index (κ3) is 2.71. The minimum absolute atomic E-state index is 0.320. The maximum absolute atomic E-state index is 13.5. The van der Waals surface area contributed by atoms with Crippen LogP contribution in [0.1, 0.15) is 24.2 Å². The van der Waals surface area contributed by atoms with E-state index in [0.717, 1.165) is 0 Å². The van der Waals surface area contributed by atoms with Gasteiger partial charge in [0.1, 0.15) is 5.82 Å². The summed E-state index contributed by atoms with van der Waals surface area (Å²) < 4.78 is 14.9. The molecule has 0 aliphatic heterocycles. The Labute approximate surface area is 113 Å². The molecule has 1 aromatic carbocycles. The maximum atomic E-state index is 13.5. The van der Waals surface area contributed by atoms with Gasteiger partial charge in [0.2, 0.25) is 0 Å². The van der Waals surface area contributed by atoms with Crippen molar-refractivity contribution in [1.29, 1.82) is 0 Å². The number of halogens is 1. The number of hydrogen-bond donors (Lipinski definition) is 2. The van der Waals surface area contributed by atoms with Crippen LogP contribution < -0.4 is 5.69 Å². The largest absolute Gasteiger partial charge is 0.389 e. The summed E-state index contributed by atoms with van der Waals surface area (Å²) in [6.07, 6.45) is -0.798. The molecule has 0 bridgehead atoms. The molecule has 0 aliphatic rings. The second-order valence-corrected chi connectivity index (χ2v) is 5.30. The molecular formula is C12H14FN3O2S. The van der Waals surface area contributed by atoms with Crippen molar-refractivity contribution in [2.45, 2.75) is 30.0 Å². The molecule has 102 valence electrons. The van der Waals surface area contributed by atoms with E-state index in [9.17, 15) is 14.3 Å². The average molecular weight is 283 g/mol. The van der Waals surface area contributed by atoms with E-state index in [1.54, 1.807) is 27.0 Å². The third-order valence-electron chi connectivity index (χ3n) is 2.78. The van der Waals surface area contributed by atoms with Gasteiger partial charge in [0.05, 0.1) is 6.10 Å². The molecule has 0 spiro atoms. The standard InChI is InChI=1S/C12H14FN3O2S/c1-6-4-10(8(7(2)17)5-9(6)13)19-12-15-14-11(18)16(12)3/h4-5,7,17H,1-3H3,(H,14,18)/t7-/m1/s1. The fourth-order valence-corrected chi connectivity index (χ4v) is 2.70. The van der Waals surface area contributed by atoms with Crippen molar-refractivity contribution in [3.63, 3.8) is 0 Å². The van der Waals surface area contributed by atoms with Crippen LogP contribution in [0.4, 0.5) is 4.39 Å². The van der Waals surface area contributed by atoms with Gasteiger partial charge in [-0.05, 0) is 48.9 Å². The highest BCUT2D eigenvalue weighted by molar-refractivity contribution is 7.99. The van der Waals surface area contributed by atoms with Gasteiger partial charge < -0.3 is 5.11 Å². The smallest absolute Gasteiger partial charge is 0.343 e. The number of benzene rings is 1. The van der Waals surface area contributed by atoms with Crippen LogP contribution >= 0.6 is 11.8 Å². The first-order valence-electron chi connectivity index (χ1n) is 5.67. The lowest BCUT2D eigenvalue weighted by molar-refractivity contribution is 0.196. The van der Waals surface area contributed by atoms with E-state index in [2.05, 4.69) is 10.2 Å². The number of nitrogens with one attached hydrogen (secondary N) is 1. The van der Waals surface area contributed by atoms with Crippen molar-refractivity contribution in [1.82, 2.24) is 14.8 Å². The Bertz CT molecular complexity index is 663. The Hall–Kier alpha value is -1.60. The van der Waals surface area contributed by atoms with Crippen LogP contribution in [0.15, 0.2) is 27.0 Å². The van der Waals surface area contributed by atoms with E-state index < -0.39 is 6.10 Å². The van der Waals surface area contributed by atoms with E-state index in [0.29, 0.717) is 21.2 Å². The first kappa shape index (κ1) is 13.8. The molecule has 0 amide bonds.